The molecule has 3 rings (SSSR count). The van der Waals surface area contributed by atoms with E-state index < -0.39 is 12.8 Å². The van der Waals surface area contributed by atoms with Gasteiger partial charge in [-0.2, -0.15) is 18.3 Å². The van der Waals surface area contributed by atoms with Crippen LogP contribution in [0.15, 0.2) is 67.0 Å². The van der Waals surface area contributed by atoms with Gasteiger partial charge in [0.1, 0.15) is 5.75 Å². The molecule has 26 heavy (non-hydrogen) atoms. The van der Waals surface area contributed by atoms with Crippen LogP contribution < -0.4 is 10.1 Å². The third-order valence-electron chi connectivity index (χ3n) is 3.62. The molecule has 0 aliphatic carbocycles. The Bertz CT molecular complexity index is 831. The zero-order valence-electron chi connectivity index (χ0n) is 13.9. The first-order valence-corrected chi connectivity index (χ1v) is 8.08. The van der Waals surface area contributed by atoms with Gasteiger partial charge in [-0.3, -0.25) is 0 Å². The van der Waals surface area contributed by atoms with Gasteiger partial charge in [0.2, 0.25) is 0 Å². The molecule has 1 aromatic heterocycles. The largest absolute Gasteiger partial charge is 0.484 e. The lowest BCUT2D eigenvalue weighted by Crippen LogP contribution is -2.19. The standard InChI is InChI=1S/C19H18F3N3O/c20-19(21,22)14-26-18-8-4-5-15(9-18)10-23-11-16-12-24-25(13-16)17-6-2-1-3-7-17/h1-9,12-13,23H,10-11,14H2. The highest BCUT2D eigenvalue weighted by atomic mass is 19.4. The quantitative estimate of drug-likeness (QED) is 0.689. The van der Waals surface area contributed by atoms with E-state index in [0.29, 0.717) is 13.1 Å². The molecule has 0 radical (unpaired) electrons. The fourth-order valence-electron chi connectivity index (χ4n) is 2.43. The van der Waals surface area contributed by atoms with Gasteiger partial charge < -0.3 is 10.1 Å². The summed E-state index contributed by atoms with van der Waals surface area (Å²) in [5.41, 5.74) is 2.84. The van der Waals surface area contributed by atoms with Crippen LogP contribution in [0, 0.1) is 0 Å². The van der Waals surface area contributed by atoms with E-state index in [9.17, 15) is 13.2 Å². The number of nitrogens with one attached hydrogen (secondary N) is 1. The number of hydrogen-bond donors (Lipinski definition) is 1. The highest BCUT2D eigenvalue weighted by molar-refractivity contribution is 5.31. The van der Waals surface area contributed by atoms with Crippen LogP contribution in [-0.4, -0.2) is 22.6 Å². The molecule has 2 aromatic carbocycles. The summed E-state index contributed by atoms with van der Waals surface area (Å²) in [6, 6.07) is 16.4. The van der Waals surface area contributed by atoms with Crippen molar-refractivity contribution in [2.45, 2.75) is 19.3 Å². The van der Waals surface area contributed by atoms with Crippen molar-refractivity contribution in [1.29, 1.82) is 0 Å². The van der Waals surface area contributed by atoms with Gasteiger partial charge in [-0.25, -0.2) is 4.68 Å². The predicted octanol–water partition coefficient (Wildman–Crippen LogP) is 4.10. The summed E-state index contributed by atoms with van der Waals surface area (Å²) in [7, 11) is 0. The number of aromatic nitrogens is 2. The zero-order valence-corrected chi connectivity index (χ0v) is 13.9. The van der Waals surface area contributed by atoms with E-state index in [1.54, 1.807) is 23.0 Å². The summed E-state index contributed by atoms with van der Waals surface area (Å²) in [4.78, 5) is 0. The maximum Gasteiger partial charge on any atom is 0.422 e. The summed E-state index contributed by atoms with van der Waals surface area (Å²) in [5.74, 6) is 0.207. The molecule has 4 nitrogen and oxygen atoms in total. The number of halogens is 3. The van der Waals surface area contributed by atoms with Crippen LogP contribution in [0.4, 0.5) is 13.2 Å². The number of para-hydroxylation sites is 1. The van der Waals surface area contributed by atoms with Crippen molar-refractivity contribution in [1.82, 2.24) is 15.1 Å². The minimum Gasteiger partial charge on any atom is -0.484 e. The molecule has 1 N–H and O–H groups in total. The van der Waals surface area contributed by atoms with Crippen molar-refractivity contribution >= 4 is 0 Å². The van der Waals surface area contributed by atoms with Crippen LogP contribution in [0.25, 0.3) is 5.69 Å². The lowest BCUT2D eigenvalue weighted by atomic mass is 10.2. The molecule has 0 spiro atoms. The molecule has 0 saturated heterocycles. The molecule has 0 fully saturated rings. The molecular weight excluding hydrogens is 343 g/mol. The van der Waals surface area contributed by atoms with Crippen molar-refractivity contribution in [2.24, 2.45) is 0 Å². The molecule has 0 bridgehead atoms. The van der Waals surface area contributed by atoms with Crippen molar-refractivity contribution in [2.75, 3.05) is 6.61 Å². The van der Waals surface area contributed by atoms with Crippen LogP contribution in [-0.2, 0) is 13.1 Å². The minimum absolute atomic E-state index is 0.207. The summed E-state index contributed by atoms with van der Waals surface area (Å²) >= 11 is 0. The fraction of sp³-hybridized carbons (Fsp3) is 0.211. The van der Waals surface area contributed by atoms with E-state index in [0.717, 1.165) is 16.8 Å². The molecule has 1 heterocycles. The highest BCUT2D eigenvalue weighted by Gasteiger charge is 2.28. The molecule has 3 aromatic rings. The molecule has 0 aliphatic rings. The molecule has 0 amide bonds. The average molecular weight is 361 g/mol. The third-order valence-corrected chi connectivity index (χ3v) is 3.62. The SMILES string of the molecule is FC(F)(F)COc1cccc(CNCc2cnn(-c3ccccc3)c2)c1. The van der Waals surface area contributed by atoms with Crippen LogP contribution in [0.5, 0.6) is 5.75 Å². The topological polar surface area (TPSA) is 39.1 Å². The summed E-state index contributed by atoms with van der Waals surface area (Å²) < 4.78 is 43.2. The first kappa shape index (κ1) is 18.0. The molecular formula is C19H18F3N3O. The summed E-state index contributed by atoms with van der Waals surface area (Å²) in [6.07, 6.45) is -0.624. The van der Waals surface area contributed by atoms with Gasteiger partial charge in [0.05, 0.1) is 11.9 Å². The van der Waals surface area contributed by atoms with E-state index >= 15 is 0 Å². The Balaban J connectivity index is 1.51. The van der Waals surface area contributed by atoms with Crippen molar-refractivity contribution in [3.8, 4) is 11.4 Å². The summed E-state index contributed by atoms with van der Waals surface area (Å²) in [6.45, 7) is -0.178. The van der Waals surface area contributed by atoms with Crippen LogP contribution in [0.3, 0.4) is 0 Å². The normalized spacial score (nSPS) is 11.5. The lowest BCUT2D eigenvalue weighted by Gasteiger charge is -2.10. The number of rotatable bonds is 7. The second-order valence-corrected chi connectivity index (χ2v) is 5.78. The Morgan fingerprint density at radius 3 is 2.50 bits per heavy atom. The Kier molecular flexibility index (Phi) is 5.58. The van der Waals surface area contributed by atoms with Gasteiger partial charge in [0.25, 0.3) is 0 Å². The van der Waals surface area contributed by atoms with Crippen molar-refractivity contribution in [3.63, 3.8) is 0 Å². The number of ether oxygens (including phenoxy) is 1. The van der Waals surface area contributed by atoms with Gasteiger partial charge in [0.15, 0.2) is 6.61 Å². The number of hydrogen-bond acceptors (Lipinski definition) is 3. The third kappa shape index (κ3) is 5.35. The van der Waals surface area contributed by atoms with Crippen molar-refractivity contribution < 1.29 is 17.9 Å². The first-order chi connectivity index (χ1) is 12.5. The van der Waals surface area contributed by atoms with Gasteiger partial charge in [-0.15, -0.1) is 0 Å². The molecule has 0 aliphatic heterocycles. The van der Waals surface area contributed by atoms with Crippen LogP contribution in [0.2, 0.25) is 0 Å². The van der Waals surface area contributed by atoms with Gasteiger partial charge in [-0.05, 0) is 29.8 Å². The van der Waals surface area contributed by atoms with E-state index in [4.69, 9.17) is 4.74 Å². The van der Waals surface area contributed by atoms with Crippen LogP contribution in [0.1, 0.15) is 11.1 Å². The maximum absolute atomic E-state index is 12.2. The van der Waals surface area contributed by atoms with E-state index in [1.165, 1.54) is 6.07 Å². The van der Waals surface area contributed by atoms with E-state index in [2.05, 4.69) is 10.4 Å². The highest BCUT2D eigenvalue weighted by Crippen LogP contribution is 2.19. The number of benzene rings is 2. The monoisotopic (exact) mass is 361 g/mol. The van der Waals surface area contributed by atoms with Gasteiger partial charge in [-0.1, -0.05) is 30.3 Å². The second-order valence-electron chi connectivity index (χ2n) is 5.78. The fourth-order valence-corrected chi connectivity index (χ4v) is 2.43. The van der Waals surface area contributed by atoms with Gasteiger partial charge >= 0.3 is 6.18 Å². The maximum atomic E-state index is 12.2. The van der Waals surface area contributed by atoms with Gasteiger partial charge in [0, 0.05) is 24.8 Å². The average Bonchev–Trinajstić information content (AvgIpc) is 3.10. The Hall–Kier alpha value is -2.80. The molecule has 0 saturated carbocycles. The number of alkyl halides is 3. The smallest absolute Gasteiger partial charge is 0.422 e. The van der Waals surface area contributed by atoms with Crippen LogP contribution >= 0.6 is 0 Å². The van der Waals surface area contributed by atoms with E-state index in [1.807, 2.05) is 42.6 Å². The first-order valence-electron chi connectivity index (χ1n) is 8.08. The molecule has 0 unspecified atom stereocenters. The minimum atomic E-state index is -4.34. The van der Waals surface area contributed by atoms with Crippen molar-refractivity contribution in [3.05, 3.63) is 78.1 Å². The Labute approximate surface area is 149 Å². The predicted molar refractivity (Wildman–Crippen MR) is 92.1 cm³/mol. The second kappa shape index (κ2) is 8.05. The Morgan fingerprint density at radius 2 is 1.73 bits per heavy atom. The lowest BCUT2D eigenvalue weighted by molar-refractivity contribution is -0.153. The van der Waals surface area contributed by atoms with E-state index in [-0.39, 0.29) is 5.75 Å². The Morgan fingerprint density at radius 1 is 0.962 bits per heavy atom. The number of nitrogens with zero attached hydrogens (tertiary/aromatic N) is 2. The zero-order chi connectivity index (χ0) is 18.4. The molecule has 7 heteroatoms. The molecule has 0 atom stereocenters. The summed E-state index contributed by atoms with van der Waals surface area (Å²) in [5, 5.41) is 7.57. The molecule has 136 valence electrons.